The maximum atomic E-state index is 14.3. The first-order chi connectivity index (χ1) is 11.3. The van der Waals surface area contributed by atoms with E-state index in [1.807, 2.05) is 0 Å². The van der Waals surface area contributed by atoms with E-state index < -0.39 is 32.3 Å². The lowest BCUT2D eigenvalue weighted by atomic mass is 10.1. The van der Waals surface area contributed by atoms with Crippen molar-refractivity contribution in [3.8, 4) is 0 Å². The van der Waals surface area contributed by atoms with Crippen LogP contribution in [0.5, 0.6) is 0 Å². The summed E-state index contributed by atoms with van der Waals surface area (Å²) in [7, 11) is -4.30. The molecule has 3 N–H and O–H groups in total. The highest BCUT2D eigenvalue weighted by Gasteiger charge is 2.25. The average Bonchev–Trinajstić information content (AvgIpc) is 2.98. The second-order valence-corrected chi connectivity index (χ2v) is 6.93. The summed E-state index contributed by atoms with van der Waals surface area (Å²) in [5.74, 6) is -2.82. The van der Waals surface area contributed by atoms with Crippen LogP contribution in [-0.2, 0) is 10.0 Å². The van der Waals surface area contributed by atoms with E-state index in [0.717, 1.165) is 17.5 Å². The maximum absolute atomic E-state index is 14.3. The van der Waals surface area contributed by atoms with Crippen molar-refractivity contribution in [2.45, 2.75) is 11.8 Å². The van der Waals surface area contributed by atoms with Crippen LogP contribution in [0.25, 0.3) is 10.9 Å². The number of hydrogen-bond donors (Lipinski definition) is 3. The predicted molar refractivity (Wildman–Crippen MR) is 87.2 cm³/mol. The molecule has 6 nitrogen and oxygen atoms in total. The van der Waals surface area contributed by atoms with Gasteiger partial charge in [0.05, 0.1) is 16.8 Å². The number of nitrogens with one attached hydrogen (secondary N) is 2. The Morgan fingerprint density at radius 2 is 2.00 bits per heavy atom. The summed E-state index contributed by atoms with van der Waals surface area (Å²) in [6.07, 6.45) is 1.65. The monoisotopic (exact) mass is 348 g/mol. The number of aromatic amines is 1. The van der Waals surface area contributed by atoms with Gasteiger partial charge in [-0.25, -0.2) is 17.6 Å². The average molecular weight is 348 g/mol. The van der Waals surface area contributed by atoms with Gasteiger partial charge < -0.3 is 10.1 Å². The lowest BCUT2D eigenvalue weighted by Crippen LogP contribution is -2.17. The Morgan fingerprint density at radius 1 is 1.25 bits per heavy atom. The highest BCUT2D eigenvalue weighted by atomic mass is 32.2. The van der Waals surface area contributed by atoms with Crippen LogP contribution in [0.1, 0.15) is 15.9 Å². The smallest absolute Gasteiger partial charge is 0.338 e. The largest absolute Gasteiger partial charge is 0.478 e. The fourth-order valence-electron chi connectivity index (χ4n) is 2.46. The number of carboxylic acids is 1. The Morgan fingerprint density at radius 3 is 2.71 bits per heavy atom. The summed E-state index contributed by atoms with van der Waals surface area (Å²) >= 11 is 0. The molecule has 0 atom stereocenters. The van der Waals surface area contributed by atoms with Crippen LogP contribution >= 0.6 is 0 Å². The van der Waals surface area contributed by atoms with E-state index in [2.05, 4.69) is 9.71 Å². The van der Waals surface area contributed by atoms with Gasteiger partial charge in [0.2, 0.25) is 0 Å². The van der Waals surface area contributed by atoms with Crippen LogP contribution < -0.4 is 4.72 Å². The molecule has 0 aliphatic heterocycles. The van der Waals surface area contributed by atoms with Crippen LogP contribution in [-0.4, -0.2) is 24.5 Å². The van der Waals surface area contributed by atoms with Gasteiger partial charge in [-0.3, -0.25) is 4.72 Å². The number of fused-ring (bicyclic) bond motifs is 1. The van der Waals surface area contributed by atoms with Gasteiger partial charge in [-0.1, -0.05) is 12.1 Å². The molecule has 0 aliphatic carbocycles. The van der Waals surface area contributed by atoms with Gasteiger partial charge in [0.15, 0.2) is 5.82 Å². The normalized spacial score (nSPS) is 11.6. The zero-order chi connectivity index (χ0) is 17.5. The Hall–Kier alpha value is -2.87. The molecule has 0 amide bonds. The first-order valence-electron chi connectivity index (χ1n) is 6.92. The molecule has 0 aliphatic rings. The summed E-state index contributed by atoms with van der Waals surface area (Å²) in [4.78, 5) is 13.3. The summed E-state index contributed by atoms with van der Waals surface area (Å²) in [5.41, 5.74) is 0.434. The molecule has 124 valence electrons. The topological polar surface area (TPSA) is 99.3 Å². The zero-order valence-corrected chi connectivity index (χ0v) is 13.3. The van der Waals surface area contributed by atoms with Crippen molar-refractivity contribution in [1.82, 2.24) is 4.98 Å². The molecule has 0 saturated heterocycles. The Labute approximate surface area is 137 Å². The van der Waals surface area contributed by atoms with Gasteiger partial charge in [-0.05, 0) is 36.8 Å². The van der Waals surface area contributed by atoms with E-state index >= 15 is 0 Å². The zero-order valence-electron chi connectivity index (χ0n) is 12.5. The van der Waals surface area contributed by atoms with Crippen molar-refractivity contribution in [3.05, 3.63) is 59.5 Å². The number of aryl methyl sites for hydroxylation is 1. The number of para-hydroxylation sites is 1. The summed E-state index contributed by atoms with van der Waals surface area (Å²) in [6.45, 7) is 1.50. The third-order valence-electron chi connectivity index (χ3n) is 3.54. The van der Waals surface area contributed by atoms with Crippen molar-refractivity contribution < 1.29 is 22.7 Å². The Bertz CT molecular complexity index is 1060. The van der Waals surface area contributed by atoms with E-state index in [0.29, 0.717) is 11.1 Å². The van der Waals surface area contributed by atoms with E-state index in [-0.39, 0.29) is 5.69 Å². The number of aromatic nitrogens is 1. The molecule has 24 heavy (non-hydrogen) atoms. The molecule has 0 spiro atoms. The van der Waals surface area contributed by atoms with Gasteiger partial charge in [0.25, 0.3) is 10.0 Å². The number of benzene rings is 2. The highest BCUT2D eigenvalue weighted by molar-refractivity contribution is 7.92. The fraction of sp³-hybridized carbons (Fsp3) is 0.0625. The van der Waals surface area contributed by atoms with E-state index in [1.54, 1.807) is 24.4 Å². The third-order valence-corrected chi connectivity index (χ3v) is 4.90. The number of H-pyrrole nitrogens is 1. The van der Waals surface area contributed by atoms with Crippen molar-refractivity contribution in [2.75, 3.05) is 4.72 Å². The van der Waals surface area contributed by atoms with E-state index in [9.17, 15) is 17.6 Å². The van der Waals surface area contributed by atoms with Gasteiger partial charge >= 0.3 is 5.97 Å². The first kappa shape index (κ1) is 16.0. The van der Waals surface area contributed by atoms with Crippen LogP contribution in [0.4, 0.5) is 10.1 Å². The molecule has 3 aromatic rings. The Kier molecular flexibility index (Phi) is 3.76. The molecule has 0 unspecified atom stereocenters. The molecule has 3 rings (SSSR count). The van der Waals surface area contributed by atoms with Crippen LogP contribution in [0.2, 0.25) is 0 Å². The van der Waals surface area contributed by atoms with Crippen LogP contribution in [0.3, 0.4) is 0 Å². The number of aromatic carboxylic acids is 1. The molecular formula is C16H13FN2O4S. The second-order valence-electron chi connectivity index (χ2n) is 5.28. The lowest BCUT2D eigenvalue weighted by Gasteiger charge is -2.12. The minimum Gasteiger partial charge on any atom is -0.478 e. The van der Waals surface area contributed by atoms with Gasteiger partial charge in [-0.15, -0.1) is 0 Å². The molecule has 2 aromatic carbocycles. The molecular weight excluding hydrogens is 335 g/mol. The van der Waals surface area contributed by atoms with Gasteiger partial charge in [0, 0.05) is 11.6 Å². The fourth-order valence-corrected chi connectivity index (χ4v) is 3.71. The first-order valence-corrected chi connectivity index (χ1v) is 8.40. The number of hydrogen-bond acceptors (Lipinski definition) is 3. The SMILES string of the molecule is Cc1cc(C(=O)O)c(F)c(S(=O)(=O)Nc2cccc3cc[nH]c23)c1. The molecule has 0 bridgehead atoms. The molecule has 8 heteroatoms. The second kappa shape index (κ2) is 5.64. The molecule has 0 fully saturated rings. The number of carboxylic acid groups (broad SMARTS) is 1. The highest BCUT2D eigenvalue weighted by Crippen LogP contribution is 2.27. The molecule has 1 heterocycles. The van der Waals surface area contributed by atoms with Crippen molar-refractivity contribution >= 4 is 32.6 Å². The summed E-state index contributed by atoms with van der Waals surface area (Å²) in [6, 6.07) is 8.93. The minimum absolute atomic E-state index is 0.246. The minimum atomic E-state index is -4.30. The number of carbonyl (C=O) groups is 1. The van der Waals surface area contributed by atoms with Crippen molar-refractivity contribution in [1.29, 1.82) is 0 Å². The van der Waals surface area contributed by atoms with Crippen molar-refractivity contribution in [2.24, 2.45) is 0 Å². The number of sulfonamides is 1. The summed E-state index contributed by atoms with van der Waals surface area (Å²) < 4.78 is 41.8. The molecule has 0 radical (unpaired) electrons. The van der Waals surface area contributed by atoms with Crippen molar-refractivity contribution in [3.63, 3.8) is 0 Å². The molecule has 1 aromatic heterocycles. The van der Waals surface area contributed by atoms with Gasteiger partial charge in [-0.2, -0.15) is 0 Å². The maximum Gasteiger partial charge on any atom is 0.338 e. The quantitative estimate of drug-likeness (QED) is 0.674. The van der Waals surface area contributed by atoms with Crippen LogP contribution in [0.15, 0.2) is 47.5 Å². The number of rotatable bonds is 4. The number of halogens is 1. The summed E-state index contributed by atoms with van der Waals surface area (Å²) in [5, 5.41) is 9.81. The standard InChI is InChI=1S/C16H13FN2O4S/c1-9-7-11(16(20)21)14(17)13(8-9)24(22,23)19-12-4-2-3-10-5-6-18-15(10)12/h2-8,18-19H,1H3,(H,20,21). The third kappa shape index (κ3) is 2.71. The Balaban J connectivity index is 2.12. The number of anilines is 1. The van der Waals surface area contributed by atoms with E-state index in [4.69, 9.17) is 5.11 Å². The van der Waals surface area contributed by atoms with Gasteiger partial charge in [0.1, 0.15) is 4.90 Å². The molecule has 0 saturated carbocycles. The lowest BCUT2D eigenvalue weighted by molar-refractivity contribution is 0.0691. The van der Waals surface area contributed by atoms with E-state index in [1.165, 1.54) is 13.0 Å². The predicted octanol–water partition coefficient (Wildman–Crippen LogP) is 3.11. The van der Waals surface area contributed by atoms with Crippen LogP contribution in [0, 0.1) is 12.7 Å².